The van der Waals surface area contributed by atoms with Gasteiger partial charge in [-0.1, -0.05) is 34.1 Å². The minimum absolute atomic E-state index is 0.00435. The van der Waals surface area contributed by atoms with Crippen molar-refractivity contribution >= 4 is 33.6 Å². The third-order valence-corrected chi connectivity index (χ3v) is 5.49. The standard InChI is InChI=1S/C21H22BrF3N2O6/c1-12-15(20(29)33-11-7-3-6-10-22)16(13-8-4-5-9-14(13)27(30)31)17(19(28)32-2)18(26-12)21(23,24)25/h4-5,8-9,16,26H,3,6-7,10-11H2,1-2H3. The molecule has 0 amide bonds. The van der Waals surface area contributed by atoms with Crippen LogP contribution in [0, 0.1) is 10.1 Å². The summed E-state index contributed by atoms with van der Waals surface area (Å²) in [5, 5.41) is 14.5. The lowest BCUT2D eigenvalue weighted by atomic mass is 9.79. The van der Waals surface area contributed by atoms with E-state index in [1.54, 1.807) is 0 Å². The number of methoxy groups -OCH3 is 1. The highest BCUT2D eigenvalue weighted by atomic mass is 79.9. The molecule has 0 spiro atoms. The van der Waals surface area contributed by atoms with Gasteiger partial charge in [-0.15, -0.1) is 0 Å². The first-order valence-corrected chi connectivity index (χ1v) is 11.0. The lowest BCUT2D eigenvalue weighted by molar-refractivity contribution is -0.385. The summed E-state index contributed by atoms with van der Waals surface area (Å²) in [6, 6.07) is 4.97. The molecular weight excluding hydrogens is 513 g/mol. The van der Waals surface area contributed by atoms with E-state index in [0.717, 1.165) is 31.3 Å². The molecule has 33 heavy (non-hydrogen) atoms. The van der Waals surface area contributed by atoms with Crippen molar-refractivity contribution < 1.29 is 37.2 Å². The third kappa shape index (κ3) is 6.12. The quantitative estimate of drug-likeness (QED) is 0.161. The number of nitrogens with one attached hydrogen (secondary N) is 1. The molecule has 180 valence electrons. The zero-order valence-electron chi connectivity index (χ0n) is 17.8. The number of dihydropyridines is 1. The fourth-order valence-corrected chi connectivity index (χ4v) is 3.87. The molecule has 0 radical (unpaired) electrons. The van der Waals surface area contributed by atoms with Crippen molar-refractivity contribution in [3.05, 3.63) is 62.5 Å². The van der Waals surface area contributed by atoms with Crippen molar-refractivity contribution in [2.45, 2.75) is 38.3 Å². The van der Waals surface area contributed by atoms with Crippen LogP contribution in [0.4, 0.5) is 18.9 Å². The molecule has 1 aliphatic heterocycles. The molecule has 0 aromatic heterocycles. The predicted octanol–water partition coefficient (Wildman–Crippen LogP) is 4.65. The van der Waals surface area contributed by atoms with E-state index >= 15 is 0 Å². The number of ether oxygens (including phenoxy) is 2. The average Bonchev–Trinajstić information content (AvgIpc) is 2.76. The summed E-state index contributed by atoms with van der Waals surface area (Å²) in [5.74, 6) is -4.09. The van der Waals surface area contributed by atoms with Crippen LogP contribution in [0.15, 0.2) is 46.8 Å². The maximum Gasteiger partial charge on any atom is 0.431 e. The van der Waals surface area contributed by atoms with Gasteiger partial charge in [-0.25, -0.2) is 9.59 Å². The number of benzene rings is 1. The summed E-state index contributed by atoms with van der Waals surface area (Å²) in [5.41, 5.74) is -3.80. The number of hydrogen-bond donors (Lipinski definition) is 1. The number of hydrogen-bond acceptors (Lipinski definition) is 7. The van der Waals surface area contributed by atoms with Gasteiger partial charge in [-0.05, 0) is 26.2 Å². The third-order valence-electron chi connectivity index (χ3n) is 4.93. The molecule has 1 atom stereocenters. The number of esters is 2. The Morgan fingerprint density at radius 2 is 1.82 bits per heavy atom. The molecule has 1 aromatic rings. The molecule has 2 rings (SSSR count). The summed E-state index contributed by atoms with van der Waals surface area (Å²) >= 11 is 3.28. The minimum atomic E-state index is -5.03. The van der Waals surface area contributed by atoms with E-state index in [0.29, 0.717) is 6.42 Å². The normalized spacial score (nSPS) is 16.4. The Morgan fingerprint density at radius 1 is 1.15 bits per heavy atom. The molecular formula is C21H22BrF3N2O6. The van der Waals surface area contributed by atoms with Crippen molar-refractivity contribution in [1.29, 1.82) is 0 Å². The van der Waals surface area contributed by atoms with Crippen molar-refractivity contribution in [3.63, 3.8) is 0 Å². The van der Waals surface area contributed by atoms with E-state index < -0.39 is 45.9 Å². The number of halogens is 4. The fraction of sp³-hybridized carbons (Fsp3) is 0.429. The highest BCUT2D eigenvalue weighted by Crippen LogP contribution is 2.45. The summed E-state index contributed by atoms with van der Waals surface area (Å²) in [7, 11) is 0.882. The first-order valence-electron chi connectivity index (χ1n) is 9.88. The Bertz CT molecular complexity index is 990. The number of unbranched alkanes of at least 4 members (excludes halogenated alkanes) is 2. The zero-order valence-corrected chi connectivity index (χ0v) is 19.4. The monoisotopic (exact) mass is 534 g/mol. The molecule has 1 unspecified atom stereocenters. The number of nitrogens with zero attached hydrogens (tertiary/aromatic N) is 1. The highest BCUT2D eigenvalue weighted by molar-refractivity contribution is 9.09. The summed E-state index contributed by atoms with van der Waals surface area (Å²) in [4.78, 5) is 36.3. The summed E-state index contributed by atoms with van der Waals surface area (Å²) in [6.45, 7) is 1.21. The highest BCUT2D eigenvalue weighted by Gasteiger charge is 2.48. The number of para-hydroxylation sites is 1. The van der Waals surface area contributed by atoms with Gasteiger partial charge in [0, 0.05) is 22.7 Å². The van der Waals surface area contributed by atoms with Crippen LogP contribution < -0.4 is 5.32 Å². The molecule has 12 heteroatoms. The van der Waals surface area contributed by atoms with Gasteiger partial charge in [-0.3, -0.25) is 10.1 Å². The van der Waals surface area contributed by atoms with E-state index in [-0.39, 0.29) is 23.4 Å². The lowest BCUT2D eigenvalue weighted by Gasteiger charge is -2.31. The van der Waals surface area contributed by atoms with Crippen LogP contribution >= 0.6 is 15.9 Å². The number of carbonyl (C=O) groups is 2. The molecule has 1 heterocycles. The minimum Gasteiger partial charge on any atom is -0.466 e. The molecule has 0 aliphatic carbocycles. The largest absolute Gasteiger partial charge is 0.466 e. The van der Waals surface area contributed by atoms with E-state index in [9.17, 15) is 32.9 Å². The Morgan fingerprint density at radius 3 is 2.39 bits per heavy atom. The molecule has 0 bridgehead atoms. The Labute approximate surface area is 196 Å². The van der Waals surface area contributed by atoms with Crippen LogP contribution in [0.2, 0.25) is 0 Å². The number of carbonyl (C=O) groups excluding carboxylic acids is 2. The van der Waals surface area contributed by atoms with Crippen molar-refractivity contribution in [2.24, 2.45) is 0 Å². The van der Waals surface area contributed by atoms with E-state index in [4.69, 9.17) is 4.74 Å². The van der Waals surface area contributed by atoms with Crippen LogP contribution in [0.3, 0.4) is 0 Å². The van der Waals surface area contributed by atoms with Crippen LogP contribution in [0.5, 0.6) is 0 Å². The number of nitro benzene ring substituents is 1. The van der Waals surface area contributed by atoms with E-state index in [1.807, 2.05) is 0 Å². The average molecular weight is 535 g/mol. The first-order chi connectivity index (χ1) is 15.5. The van der Waals surface area contributed by atoms with Crippen LogP contribution in [0.25, 0.3) is 0 Å². The molecule has 0 saturated heterocycles. The SMILES string of the molecule is COC(=O)C1=C(C(F)(F)F)NC(C)=C(C(=O)OCCCCCBr)C1c1ccccc1[N+](=O)[O-]. The van der Waals surface area contributed by atoms with Gasteiger partial charge in [0.1, 0.15) is 5.70 Å². The lowest BCUT2D eigenvalue weighted by Crippen LogP contribution is -2.38. The van der Waals surface area contributed by atoms with E-state index in [1.165, 1.54) is 25.1 Å². The Kier molecular flexibility index (Phi) is 9.03. The van der Waals surface area contributed by atoms with E-state index in [2.05, 4.69) is 26.0 Å². The van der Waals surface area contributed by atoms with Gasteiger partial charge in [0.25, 0.3) is 5.69 Å². The maximum absolute atomic E-state index is 13.9. The number of allylic oxidation sites excluding steroid dienone is 2. The molecule has 1 aliphatic rings. The van der Waals surface area contributed by atoms with Gasteiger partial charge in [0.15, 0.2) is 0 Å². The van der Waals surface area contributed by atoms with Crippen molar-refractivity contribution in [1.82, 2.24) is 5.32 Å². The van der Waals surface area contributed by atoms with Gasteiger partial charge in [0.05, 0.1) is 35.7 Å². The summed E-state index contributed by atoms with van der Waals surface area (Å²) in [6.07, 6.45) is -2.93. The summed E-state index contributed by atoms with van der Waals surface area (Å²) < 4.78 is 51.4. The number of alkyl halides is 4. The zero-order chi connectivity index (χ0) is 24.8. The van der Waals surface area contributed by atoms with Gasteiger partial charge in [0.2, 0.25) is 0 Å². The molecule has 1 aromatic carbocycles. The number of rotatable bonds is 9. The number of nitro groups is 1. The molecule has 0 saturated carbocycles. The topological polar surface area (TPSA) is 108 Å². The van der Waals surface area contributed by atoms with Crippen molar-refractivity contribution in [3.8, 4) is 0 Å². The van der Waals surface area contributed by atoms with Crippen LogP contribution in [-0.2, 0) is 19.1 Å². The second kappa shape index (κ2) is 11.3. The van der Waals surface area contributed by atoms with Gasteiger partial charge in [-0.2, -0.15) is 13.2 Å². The van der Waals surface area contributed by atoms with Gasteiger partial charge < -0.3 is 14.8 Å². The van der Waals surface area contributed by atoms with Crippen molar-refractivity contribution in [2.75, 3.05) is 19.0 Å². The predicted molar refractivity (Wildman–Crippen MR) is 115 cm³/mol. The maximum atomic E-state index is 13.9. The first kappa shape index (κ1) is 26.4. The molecule has 0 fully saturated rings. The fourth-order valence-electron chi connectivity index (χ4n) is 3.48. The molecule has 8 nitrogen and oxygen atoms in total. The smallest absolute Gasteiger partial charge is 0.431 e. The Hall–Kier alpha value is -2.89. The van der Waals surface area contributed by atoms with Gasteiger partial charge >= 0.3 is 18.1 Å². The molecule has 1 N–H and O–H groups in total. The Balaban J connectivity index is 2.67. The van der Waals surface area contributed by atoms with Crippen LogP contribution in [0.1, 0.15) is 37.7 Å². The second-order valence-electron chi connectivity index (χ2n) is 7.08. The van der Waals surface area contributed by atoms with Crippen LogP contribution in [-0.4, -0.2) is 42.1 Å². The second-order valence-corrected chi connectivity index (χ2v) is 7.87.